The first-order valence-electron chi connectivity index (χ1n) is 3.92. The van der Waals surface area contributed by atoms with Crippen LogP contribution in [0.2, 0.25) is 0 Å². The van der Waals surface area contributed by atoms with E-state index in [-0.39, 0.29) is 24.2 Å². The molecule has 1 saturated carbocycles. The first-order valence-corrected chi connectivity index (χ1v) is 3.92. The zero-order valence-electron chi connectivity index (χ0n) is 6.88. The van der Waals surface area contributed by atoms with Crippen LogP contribution in [-0.2, 0) is 4.79 Å². The van der Waals surface area contributed by atoms with Crippen molar-refractivity contribution in [3.05, 3.63) is 30.1 Å². The van der Waals surface area contributed by atoms with Crippen LogP contribution in [0.25, 0.3) is 0 Å². The summed E-state index contributed by atoms with van der Waals surface area (Å²) in [5.41, 5.74) is 1.09. The number of carboxylic acid groups (broad SMARTS) is 1. The monoisotopic (exact) mass is 199 g/mol. The fourth-order valence-corrected chi connectivity index (χ4v) is 1.45. The van der Waals surface area contributed by atoms with E-state index in [2.05, 4.69) is 4.98 Å². The third-order valence-electron chi connectivity index (χ3n) is 2.24. The molecule has 0 unspecified atom stereocenters. The molecule has 70 valence electrons. The van der Waals surface area contributed by atoms with Gasteiger partial charge in [0.25, 0.3) is 0 Å². The maximum Gasteiger partial charge on any atom is 0.307 e. The fourth-order valence-electron chi connectivity index (χ4n) is 1.45. The highest BCUT2D eigenvalue weighted by Crippen LogP contribution is 2.47. The summed E-state index contributed by atoms with van der Waals surface area (Å²) in [6, 6.07) is 3.77. The predicted molar refractivity (Wildman–Crippen MR) is 50.0 cm³/mol. The van der Waals surface area contributed by atoms with E-state index in [1.54, 1.807) is 12.4 Å². The fraction of sp³-hybridized carbons (Fsp3) is 0.333. The van der Waals surface area contributed by atoms with Gasteiger partial charge in [0.05, 0.1) is 5.92 Å². The summed E-state index contributed by atoms with van der Waals surface area (Å²) in [7, 11) is 0. The van der Waals surface area contributed by atoms with Gasteiger partial charge in [-0.05, 0) is 30.0 Å². The van der Waals surface area contributed by atoms with Crippen molar-refractivity contribution in [1.82, 2.24) is 4.98 Å². The van der Waals surface area contributed by atoms with Crippen molar-refractivity contribution < 1.29 is 9.90 Å². The molecule has 2 rings (SSSR count). The van der Waals surface area contributed by atoms with Gasteiger partial charge < -0.3 is 5.11 Å². The lowest BCUT2D eigenvalue weighted by Crippen LogP contribution is -1.98. The second kappa shape index (κ2) is 3.75. The van der Waals surface area contributed by atoms with Gasteiger partial charge in [0.1, 0.15) is 0 Å². The Morgan fingerprint density at radius 2 is 2.08 bits per heavy atom. The lowest BCUT2D eigenvalue weighted by Gasteiger charge is -1.95. The van der Waals surface area contributed by atoms with E-state index < -0.39 is 5.97 Å². The largest absolute Gasteiger partial charge is 0.481 e. The Morgan fingerprint density at radius 1 is 1.46 bits per heavy atom. The molecule has 1 aromatic heterocycles. The summed E-state index contributed by atoms with van der Waals surface area (Å²) in [5.74, 6) is -0.616. The maximum atomic E-state index is 10.5. The van der Waals surface area contributed by atoms with Crippen molar-refractivity contribution in [2.75, 3.05) is 0 Å². The van der Waals surface area contributed by atoms with Gasteiger partial charge in [-0.1, -0.05) is 0 Å². The van der Waals surface area contributed by atoms with Gasteiger partial charge in [0.2, 0.25) is 0 Å². The summed E-state index contributed by atoms with van der Waals surface area (Å²) in [6.45, 7) is 0. The number of hydrogen-bond donors (Lipinski definition) is 1. The Kier molecular flexibility index (Phi) is 2.88. The molecule has 0 saturated heterocycles. The molecule has 0 bridgehead atoms. The first-order chi connectivity index (χ1) is 5.79. The summed E-state index contributed by atoms with van der Waals surface area (Å²) >= 11 is 0. The van der Waals surface area contributed by atoms with Crippen LogP contribution in [0.5, 0.6) is 0 Å². The molecule has 1 aliphatic carbocycles. The smallest absolute Gasteiger partial charge is 0.307 e. The minimum absolute atomic E-state index is 0. The highest BCUT2D eigenvalue weighted by atomic mass is 35.5. The summed E-state index contributed by atoms with van der Waals surface area (Å²) in [6.07, 6.45) is 4.18. The second-order valence-electron chi connectivity index (χ2n) is 3.07. The summed E-state index contributed by atoms with van der Waals surface area (Å²) in [4.78, 5) is 14.4. The van der Waals surface area contributed by atoms with E-state index >= 15 is 0 Å². The maximum absolute atomic E-state index is 10.5. The molecule has 3 nitrogen and oxygen atoms in total. The van der Waals surface area contributed by atoms with E-state index in [4.69, 9.17) is 5.11 Å². The van der Waals surface area contributed by atoms with E-state index in [1.165, 1.54) is 0 Å². The Labute approximate surface area is 82.2 Å². The Morgan fingerprint density at radius 3 is 2.54 bits per heavy atom. The average Bonchev–Trinajstić information content (AvgIpc) is 2.84. The normalized spacial score (nSPS) is 24.6. The van der Waals surface area contributed by atoms with Gasteiger partial charge >= 0.3 is 5.97 Å². The van der Waals surface area contributed by atoms with Crippen LogP contribution < -0.4 is 0 Å². The molecule has 0 spiro atoms. The molecule has 1 aliphatic rings. The van der Waals surface area contributed by atoms with Crippen LogP contribution in [0.3, 0.4) is 0 Å². The zero-order valence-corrected chi connectivity index (χ0v) is 7.70. The van der Waals surface area contributed by atoms with E-state index in [9.17, 15) is 4.79 Å². The first kappa shape index (κ1) is 9.99. The van der Waals surface area contributed by atoms with Crippen LogP contribution in [0.4, 0.5) is 0 Å². The van der Waals surface area contributed by atoms with Crippen molar-refractivity contribution in [3.63, 3.8) is 0 Å². The third-order valence-corrected chi connectivity index (χ3v) is 2.24. The van der Waals surface area contributed by atoms with Gasteiger partial charge in [-0.15, -0.1) is 12.4 Å². The van der Waals surface area contributed by atoms with Crippen LogP contribution >= 0.6 is 12.4 Å². The molecule has 1 aromatic rings. The van der Waals surface area contributed by atoms with Gasteiger partial charge in [-0.3, -0.25) is 9.78 Å². The van der Waals surface area contributed by atoms with E-state index in [0.29, 0.717) is 0 Å². The van der Waals surface area contributed by atoms with Crippen LogP contribution in [0, 0.1) is 5.92 Å². The number of aliphatic carboxylic acids is 1. The molecule has 1 heterocycles. The van der Waals surface area contributed by atoms with E-state index in [0.717, 1.165) is 12.0 Å². The average molecular weight is 200 g/mol. The molecule has 1 fully saturated rings. The van der Waals surface area contributed by atoms with Gasteiger partial charge in [0.15, 0.2) is 0 Å². The topological polar surface area (TPSA) is 50.2 Å². The number of halogens is 1. The van der Waals surface area contributed by atoms with Crippen LogP contribution in [0.1, 0.15) is 17.9 Å². The molecule has 0 aromatic carbocycles. The van der Waals surface area contributed by atoms with Gasteiger partial charge in [-0.2, -0.15) is 0 Å². The third kappa shape index (κ3) is 1.98. The molecule has 1 N–H and O–H groups in total. The molecule has 0 aliphatic heterocycles. The number of carbonyl (C=O) groups is 1. The highest BCUT2D eigenvalue weighted by molar-refractivity contribution is 5.85. The number of rotatable bonds is 2. The quantitative estimate of drug-likeness (QED) is 0.789. The number of carboxylic acids is 1. The van der Waals surface area contributed by atoms with E-state index in [1.807, 2.05) is 12.1 Å². The van der Waals surface area contributed by atoms with Crippen LogP contribution in [-0.4, -0.2) is 16.1 Å². The Hall–Kier alpha value is -1.09. The zero-order chi connectivity index (χ0) is 8.55. The molecular weight excluding hydrogens is 190 g/mol. The van der Waals surface area contributed by atoms with Crippen LogP contribution in [0.15, 0.2) is 24.5 Å². The SMILES string of the molecule is Cl.O=C(O)[C@H]1C[C@@H]1c1ccncc1. The lowest BCUT2D eigenvalue weighted by atomic mass is 10.1. The minimum Gasteiger partial charge on any atom is -0.481 e. The van der Waals surface area contributed by atoms with Crippen molar-refractivity contribution in [2.45, 2.75) is 12.3 Å². The number of pyridine rings is 1. The second-order valence-corrected chi connectivity index (χ2v) is 3.07. The molecule has 0 amide bonds. The van der Waals surface area contributed by atoms with Crippen molar-refractivity contribution >= 4 is 18.4 Å². The summed E-state index contributed by atoms with van der Waals surface area (Å²) < 4.78 is 0. The predicted octanol–water partition coefficient (Wildman–Crippen LogP) is 1.69. The molecular formula is C9H10ClNO2. The molecule has 2 atom stereocenters. The number of hydrogen-bond acceptors (Lipinski definition) is 2. The van der Waals surface area contributed by atoms with Gasteiger partial charge in [-0.25, -0.2) is 0 Å². The molecule has 13 heavy (non-hydrogen) atoms. The standard InChI is InChI=1S/C9H9NO2.ClH/c11-9(12)8-5-7(8)6-1-3-10-4-2-6;/h1-4,7-8H,5H2,(H,11,12);1H/t7-,8+;/m1./s1. The molecule has 4 heteroatoms. The summed E-state index contributed by atoms with van der Waals surface area (Å²) in [5, 5.41) is 8.67. The lowest BCUT2D eigenvalue weighted by molar-refractivity contribution is -0.138. The Balaban J connectivity index is 0.000000845. The Bertz CT molecular complexity index is 302. The number of nitrogens with zero attached hydrogens (tertiary/aromatic N) is 1. The van der Waals surface area contributed by atoms with Crippen molar-refractivity contribution in [3.8, 4) is 0 Å². The highest BCUT2D eigenvalue weighted by Gasteiger charge is 2.43. The van der Waals surface area contributed by atoms with Crippen molar-refractivity contribution in [2.24, 2.45) is 5.92 Å². The molecule has 0 radical (unpaired) electrons. The van der Waals surface area contributed by atoms with Gasteiger partial charge in [0, 0.05) is 12.4 Å². The van der Waals surface area contributed by atoms with Crippen molar-refractivity contribution in [1.29, 1.82) is 0 Å². The minimum atomic E-state index is -0.684. The number of aromatic nitrogens is 1.